The van der Waals surface area contributed by atoms with Gasteiger partial charge in [-0.2, -0.15) is 0 Å². The Labute approximate surface area is 82.7 Å². The van der Waals surface area contributed by atoms with Crippen LogP contribution in [-0.2, 0) is 23.9 Å². The first-order chi connectivity index (χ1) is 6.43. The fourth-order valence-corrected chi connectivity index (χ4v) is 0.272. The maximum Gasteiger partial charge on any atom is 0.330 e. The number of ether oxygens (including phenoxy) is 2. The van der Waals surface area contributed by atoms with Crippen molar-refractivity contribution in [1.82, 2.24) is 0 Å². The molecule has 0 bridgehead atoms. The van der Waals surface area contributed by atoms with Gasteiger partial charge in [0.15, 0.2) is 0 Å². The number of carbonyl (C=O) groups is 3. The van der Waals surface area contributed by atoms with Gasteiger partial charge in [-0.25, -0.2) is 9.59 Å². The van der Waals surface area contributed by atoms with Crippen molar-refractivity contribution in [3.8, 4) is 0 Å². The molecule has 0 atom stereocenters. The van der Waals surface area contributed by atoms with Gasteiger partial charge in [-0.3, -0.25) is 0 Å². The Bertz CT molecular complexity index is 207. The van der Waals surface area contributed by atoms with Gasteiger partial charge >= 0.3 is 11.9 Å². The molecule has 0 fully saturated rings. The summed E-state index contributed by atoms with van der Waals surface area (Å²) in [5.41, 5.74) is 0. The average molecular weight is 202 g/mol. The molecule has 0 aromatic heterocycles. The fraction of sp³-hybridized carbons (Fsp3) is 0.444. The number of hydrogen-bond donors (Lipinski definition) is 0. The molecular weight excluding hydrogens is 188 g/mol. The van der Waals surface area contributed by atoms with Crippen LogP contribution in [0.2, 0.25) is 0 Å². The third kappa shape index (κ3) is 16.7. The van der Waals surface area contributed by atoms with Crippen molar-refractivity contribution in [2.24, 2.45) is 0 Å². The van der Waals surface area contributed by atoms with Gasteiger partial charge in [0.2, 0.25) is 0 Å². The monoisotopic (exact) mass is 202 g/mol. The lowest BCUT2D eigenvalue weighted by molar-refractivity contribution is -0.137. The summed E-state index contributed by atoms with van der Waals surface area (Å²) in [6.07, 6.45) is 1.98. The Balaban J connectivity index is 0. The Morgan fingerprint density at radius 2 is 1.07 bits per heavy atom. The Morgan fingerprint density at radius 1 is 0.857 bits per heavy atom. The van der Waals surface area contributed by atoms with Crippen LogP contribution in [0, 0.1) is 0 Å². The predicted octanol–water partition coefficient (Wildman–Crippen LogP) is 0.484. The van der Waals surface area contributed by atoms with E-state index in [9.17, 15) is 14.4 Å². The Morgan fingerprint density at radius 3 is 1.21 bits per heavy atom. The molecule has 14 heavy (non-hydrogen) atoms. The number of hydrogen-bond acceptors (Lipinski definition) is 5. The largest absolute Gasteiger partial charge is 0.466 e. The first-order valence-electron chi connectivity index (χ1n) is 3.75. The average Bonchev–Trinajstić information content (AvgIpc) is 2.12. The summed E-state index contributed by atoms with van der Waals surface area (Å²) in [7, 11) is 2.45. The quantitative estimate of drug-likeness (QED) is 0.481. The van der Waals surface area contributed by atoms with Crippen LogP contribution in [0.1, 0.15) is 13.8 Å². The van der Waals surface area contributed by atoms with Crippen molar-refractivity contribution in [3.05, 3.63) is 12.2 Å². The molecule has 5 heteroatoms. The van der Waals surface area contributed by atoms with Crippen LogP contribution in [0.5, 0.6) is 0 Å². The van der Waals surface area contributed by atoms with Crippen molar-refractivity contribution in [2.75, 3.05) is 14.2 Å². The second kappa shape index (κ2) is 9.44. The van der Waals surface area contributed by atoms with Crippen molar-refractivity contribution >= 4 is 17.7 Å². The van der Waals surface area contributed by atoms with E-state index in [2.05, 4.69) is 9.47 Å². The Kier molecular flexibility index (Phi) is 10.0. The van der Waals surface area contributed by atoms with E-state index in [0.717, 1.165) is 12.2 Å². The number of carbonyl (C=O) groups excluding carboxylic acids is 3. The highest BCUT2D eigenvalue weighted by Crippen LogP contribution is 1.80. The lowest BCUT2D eigenvalue weighted by atomic mass is 10.5. The van der Waals surface area contributed by atoms with Crippen molar-refractivity contribution in [2.45, 2.75) is 13.8 Å². The fourth-order valence-electron chi connectivity index (χ4n) is 0.272. The SMILES string of the molecule is CC(C)=O.COC(=O)C=CC(=O)OC. The van der Waals surface area contributed by atoms with Gasteiger partial charge in [0.25, 0.3) is 0 Å². The highest BCUT2D eigenvalue weighted by atomic mass is 16.5. The van der Waals surface area contributed by atoms with E-state index in [0.29, 0.717) is 0 Å². The summed E-state index contributed by atoms with van der Waals surface area (Å²) in [6.45, 7) is 3.06. The van der Waals surface area contributed by atoms with Crippen molar-refractivity contribution in [3.63, 3.8) is 0 Å². The van der Waals surface area contributed by atoms with Gasteiger partial charge in [-0.1, -0.05) is 0 Å². The molecule has 0 aliphatic rings. The molecule has 0 aromatic carbocycles. The van der Waals surface area contributed by atoms with E-state index in [1.807, 2.05) is 0 Å². The molecule has 80 valence electrons. The minimum Gasteiger partial charge on any atom is -0.466 e. The topological polar surface area (TPSA) is 69.7 Å². The number of methoxy groups -OCH3 is 2. The molecule has 0 heterocycles. The molecule has 5 nitrogen and oxygen atoms in total. The van der Waals surface area contributed by atoms with Gasteiger partial charge < -0.3 is 14.3 Å². The maximum atomic E-state index is 10.3. The summed E-state index contributed by atoms with van der Waals surface area (Å²) in [5.74, 6) is -0.990. The number of esters is 2. The summed E-state index contributed by atoms with van der Waals surface area (Å²) in [6, 6.07) is 0. The van der Waals surface area contributed by atoms with E-state index in [4.69, 9.17) is 0 Å². The van der Waals surface area contributed by atoms with Crippen LogP contribution in [0.3, 0.4) is 0 Å². The molecule has 0 amide bonds. The van der Waals surface area contributed by atoms with Crippen LogP contribution < -0.4 is 0 Å². The summed E-state index contributed by atoms with van der Waals surface area (Å²) < 4.78 is 8.42. The number of rotatable bonds is 2. The zero-order chi connectivity index (χ0) is 11.6. The molecule has 0 rings (SSSR count). The molecule has 0 aliphatic carbocycles. The smallest absolute Gasteiger partial charge is 0.330 e. The van der Waals surface area contributed by atoms with Crippen molar-refractivity contribution < 1.29 is 23.9 Å². The predicted molar refractivity (Wildman–Crippen MR) is 49.5 cm³/mol. The second-order valence-electron chi connectivity index (χ2n) is 2.29. The lowest BCUT2D eigenvalue weighted by Crippen LogP contribution is -1.98. The summed E-state index contributed by atoms with van der Waals surface area (Å²) >= 11 is 0. The first-order valence-corrected chi connectivity index (χ1v) is 3.75. The van der Waals surface area contributed by atoms with Crippen molar-refractivity contribution in [1.29, 1.82) is 0 Å². The second-order valence-corrected chi connectivity index (χ2v) is 2.29. The first kappa shape index (κ1) is 14.9. The van der Waals surface area contributed by atoms with Gasteiger partial charge in [0.05, 0.1) is 14.2 Å². The lowest BCUT2D eigenvalue weighted by Gasteiger charge is -1.89. The molecule has 0 aliphatic heterocycles. The molecule has 0 radical (unpaired) electrons. The zero-order valence-electron chi connectivity index (χ0n) is 8.70. The third-order valence-corrected chi connectivity index (χ3v) is 0.758. The number of Topliss-reactive ketones (excluding diaryl/α,β-unsaturated/α-hetero) is 1. The molecular formula is C9H14O5. The van der Waals surface area contributed by atoms with E-state index in [1.54, 1.807) is 0 Å². The minimum absolute atomic E-state index is 0.167. The summed E-state index contributed by atoms with van der Waals surface area (Å²) in [4.78, 5) is 30.1. The van der Waals surface area contributed by atoms with Crippen LogP contribution >= 0.6 is 0 Å². The normalized spacial score (nSPS) is 8.57. The summed E-state index contributed by atoms with van der Waals surface area (Å²) in [5, 5.41) is 0. The van der Waals surface area contributed by atoms with Crippen LogP contribution in [0.15, 0.2) is 12.2 Å². The standard InChI is InChI=1S/C6H8O4.C3H6O/c1-9-5(7)3-4-6(8)10-2;1-3(2)4/h3-4H,1-2H3;1-2H3. The van der Waals surface area contributed by atoms with Gasteiger partial charge in [0, 0.05) is 12.2 Å². The highest BCUT2D eigenvalue weighted by Gasteiger charge is 1.94. The van der Waals surface area contributed by atoms with Gasteiger partial charge in [-0.05, 0) is 13.8 Å². The molecule has 0 saturated carbocycles. The minimum atomic E-state index is -0.578. The zero-order valence-corrected chi connectivity index (χ0v) is 8.70. The molecule has 0 saturated heterocycles. The van der Waals surface area contributed by atoms with E-state index in [1.165, 1.54) is 28.1 Å². The molecule has 0 spiro atoms. The number of ketones is 1. The van der Waals surface area contributed by atoms with Gasteiger partial charge in [0.1, 0.15) is 5.78 Å². The molecule has 0 unspecified atom stereocenters. The van der Waals surface area contributed by atoms with Crippen LogP contribution in [0.4, 0.5) is 0 Å². The van der Waals surface area contributed by atoms with E-state index < -0.39 is 11.9 Å². The van der Waals surface area contributed by atoms with Crippen LogP contribution in [-0.4, -0.2) is 31.9 Å². The highest BCUT2D eigenvalue weighted by molar-refractivity contribution is 5.91. The maximum absolute atomic E-state index is 10.3. The molecule has 0 N–H and O–H groups in total. The van der Waals surface area contributed by atoms with Crippen LogP contribution in [0.25, 0.3) is 0 Å². The van der Waals surface area contributed by atoms with E-state index in [-0.39, 0.29) is 5.78 Å². The Hall–Kier alpha value is -1.65. The van der Waals surface area contributed by atoms with Gasteiger partial charge in [-0.15, -0.1) is 0 Å². The van der Waals surface area contributed by atoms with E-state index >= 15 is 0 Å². The third-order valence-electron chi connectivity index (χ3n) is 0.758. The molecule has 0 aromatic rings.